The molecule has 1 amide bonds. The molecule has 1 atom stereocenters. The molecule has 0 aromatic heterocycles. The number of nitrogens with one attached hydrogen (secondary N) is 1. The summed E-state index contributed by atoms with van der Waals surface area (Å²) in [5.74, 6) is -0.153. The molecule has 6 nitrogen and oxygen atoms in total. The maximum atomic E-state index is 11.6. The number of benzene rings is 1. The molecule has 0 fully saturated rings. The summed E-state index contributed by atoms with van der Waals surface area (Å²) < 4.78 is 32.4. The number of carbonyl (C=O) groups excluding carboxylic acids is 1. The van der Waals surface area contributed by atoms with E-state index in [4.69, 9.17) is 31.8 Å². The van der Waals surface area contributed by atoms with Gasteiger partial charge in [-0.15, -0.1) is 0 Å². The van der Waals surface area contributed by atoms with Crippen LogP contribution < -0.4 is 10.1 Å². The fourth-order valence-electron chi connectivity index (χ4n) is 1.50. The van der Waals surface area contributed by atoms with Gasteiger partial charge in [0.15, 0.2) is 6.61 Å². The highest BCUT2D eigenvalue weighted by Crippen LogP contribution is 2.28. The molecule has 0 aliphatic heterocycles. The molecule has 0 saturated carbocycles. The lowest BCUT2D eigenvalue weighted by molar-refractivity contribution is -0.124. The smallest absolute Gasteiger partial charge is 0.261 e. The van der Waals surface area contributed by atoms with Crippen LogP contribution in [0.15, 0.2) is 23.1 Å². The van der Waals surface area contributed by atoms with Crippen molar-refractivity contribution in [3.63, 3.8) is 0 Å². The minimum Gasteiger partial charge on any atom is -0.482 e. The van der Waals surface area contributed by atoms with E-state index >= 15 is 0 Å². The number of hydrogen-bond donors (Lipinski definition) is 1. The highest BCUT2D eigenvalue weighted by atomic mass is 35.7. The van der Waals surface area contributed by atoms with Gasteiger partial charge in [0.25, 0.3) is 15.0 Å². The molecule has 9 heteroatoms. The van der Waals surface area contributed by atoms with Crippen molar-refractivity contribution in [3.8, 4) is 5.75 Å². The fraction of sp³-hybridized carbons (Fsp3) is 0.417. The van der Waals surface area contributed by atoms with E-state index in [2.05, 4.69) is 5.32 Å². The molecular formula is C12H15Cl2NO5S. The van der Waals surface area contributed by atoms with Gasteiger partial charge in [0.1, 0.15) is 5.75 Å². The quantitative estimate of drug-likeness (QED) is 0.754. The van der Waals surface area contributed by atoms with Crippen molar-refractivity contribution in [3.05, 3.63) is 23.2 Å². The van der Waals surface area contributed by atoms with Crippen LogP contribution in [0.3, 0.4) is 0 Å². The van der Waals surface area contributed by atoms with E-state index in [1.54, 1.807) is 6.92 Å². The molecule has 0 spiro atoms. The standard InChI is InChI=1S/C12H15Cl2NO5S/c1-8(6-19-2)15-12(16)7-20-11-4-3-9(5-10(11)13)21(14,17)18/h3-5,8H,6-7H2,1-2H3,(H,15,16). The first-order valence-electron chi connectivity index (χ1n) is 5.89. The number of carbonyl (C=O) groups is 1. The lowest BCUT2D eigenvalue weighted by atomic mass is 10.3. The molecule has 0 bridgehead atoms. The third kappa shape index (κ3) is 6.09. The topological polar surface area (TPSA) is 81.7 Å². The Morgan fingerprint density at radius 2 is 2.10 bits per heavy atom. The summed E-state index contributed by atoms with van der Waals surface area (Å²) in [4.78, 5) is 11.4. The Hall–Kier alpha value is -1.02. The number of methoxy groups -OCH3 is 1. The maximum absolute atomic E-state index is 11.6. The summed E-state index contributed by atoms with van der Waals surface area (Å²) in [7, 11) is 2.87. The van der Waals surface area contributed by atoms with Crippen LogP contribution in [-0.4, -0.2) is 40.7 Å². The Labute approximate surface area is 132 Å². The summed E-state index contributed by atoms with van der Waals surface area (Å²) in [6.45, 7) is 1.92. The Morgan fingerprint density at radius 1 is 1.43 bits per heavy atom. The van der Waals surface area contributed by atoms with Crippen molar-refractivity contribution in [2.45, 2.75) is 17.9 Å². The second-order valence-corrected chi connectivity index (χ2v) is 7.22. The zero-order chi connectivity index (χ0) is 16.0. The van der Waals surface area contributed by atoms with Gasteiger partial charge in [-0.2, -0.15) is 0 Å². The van der Waals surface area contributed by atoms with E-state index in [1.165, 1.54) is 19.2 Å². The first-order chi connectivity index (χ1) is 9.74. The van der Waals surface area contributed by atoms with Crippen molar-refractivity contribution in [2.24, 2.45) is 0 Å². The Morgan fingerprint density at radius 3 is 2.62 bits per heavy atom. The monoisotopic (exact) mass is 355 g/mol. The van der Waals surface area contributed by atoms with Gasteiger partial charge in [-0.1, -0.05) is 11.6 Å². The van der Waals surface area contributed by atoms with Gasteiger partial charge in [-0.05, 0) is 25.1 Å². The highest BCUT2D eigenvalue weighted by Gasteiger charge is 2.14. The van der Waals surface area contributed by atoms with Gasteiger partial charge in [0.2, 0.25) is 0 Å². The number of rotatable bonds is 7. The predicted molar refractivity (Wildman–Crippen MR) is 79.5 cm³/mol. The molecule has 0 aliphatic carbocycles. The van der Waals surface area contributed by atoms with Crippen LogP contribution in [0, 0.1) is 0 Å². The van der Waals surface area contributed by atoms with E-state index in [-0.39, 0.29) is 34.2 Å². The van der Waals surface area contributed by atoms with Crippen LogP contribution in [0.1, 0.15) is 6.92 Å². The summed E-state index contributed by atoms with van der Waals surface area (Å²) in [5, 5.41) is 2.71. The van der Waals surface area contributed by atoms with Crippen molar-refractivity contribution in [1.29, 1.82) is 0 Å². The average Bonchev–Trinajstić information content (AvgIpc) is 2.36. The van der Waals surface area contributed by atoms with Gasteiger partial charge in [-0.25, -0.2) is 8.42 Å². The van der Waals surface area contributed by atoms with E-state index in [0.29, 0.717) is 6.61 Å². The molecule has 118 valence electrons. The zero-order valence-corrected chi connectivity index (χ0v) is 13.8. The van der Waals surface area contributed by atoms with Gasteiger partial charge >= 0.3 is 0 Å². The summed E-state index contributed by atoms with van der Waals surface area (Å²) in [6, 6.07) is 3.59. The van der Waals surface area contributed by atoms with Crippen LogP contribution in [-0.2, 0) is 18.6 Å². The first-order valence-corrected chi connectivity index (χ1v) is 8.58. The Kier molecular flexibility index (Phi) is 6.73. The molecule has 1 aromatic rings. The SMILES string of the molecule is COCC(C)NC(=O)COc1ccc(S(=O)(=O)Cl)cc1Cl. The van der Waals surface area contributed by atoms with Gasteiger partial charge in [-0.3, -0.25) is 4.79 Å². The van der Waals surface area contributed by atoms with Crippen LogP contribution in [0.5, 0.6) is 5.75 Å². The van der Waals surface area contributed by atoms with Gasteiger partial charge in [0, 0.05) is 23.8 Å². The molecular weight excluding hydrogens is 341 g/mol. The van der Waals surface area contributed by atoms with Crippen LogP contribution in [0.2, 0.25) is 5.02 Å². The lowest BCUT2D eigenvalue weighted by Gasteiger charge is -2.13. The van der Waals surface area contributed by atoms with Crippen molar-refractivity contribution in [1.82, 2.24) is 5.32 Å². The molecule has 1 aromatic carbocycles. The fourth-order valence-corrected chi connectivity index (χ4v) is 2.58. The summed E-state index contributed by atoms with van der Waals surface area (Å²) >= 11 is 5.87. The van der Waals surface area contributed by atoms with Crippen molar-refractivity contribution < 1.29 is 22.7 Å². The number of ether oxygens (including phenoxy) is 2. The second-order valence-electron chi connectivity index (χ2n) is 4.24. The average molecular weight is 356 g/mol. The van der Waals surface area contributed by atoms with Crippen LogP contribution in [0.25, 0.3) is 0 Å². The van der Waals surface area contributed by atoms with Crippen molar-refractivity contribution >= 4 is 37.2 Å². The summed E-state index contributed by atoms with van der Waals surface area (Å²) in [6.07, 6.45) is 0. The number of hydrogen-bond acceptors (Lipinski definition) is 5. The maximum Gasteiger partial charge on any atom is 0.261 e. The minimum atomic E-state index is -3.86. The van der Waals surface area contributed by atoms with Gasteiger partial charge in [0.05, 0.1) is 16.5 Å². The molecule has 1 rings (SSSR count). The normalized spacial score (nSPS) is 12.8. The third-order valence-corrected chi connectivity index (χ3v) is 4.01. The molecule has 0 saturated heterocycles. The number of halogens is 2. The molecule has 21 heavy (non-hydrogen) atoms. The molecule has 0 heterocycles. The Bertz CT molecular complexity index is 606. The predicted octanol–water partition coefficient (Wildman–Crippen LogP) is 1.80. The molecule has 1 N–H and O–H groups in total. The zero-order valence-electron chi connectivity index (χ0n) is 11.4. The second kappa shape index (κ2) is 7.84. The van der Waals surface area contributed by atoms with Gasteiger partial charge < -0.3 is 14.8 Å². The largest absolute Gasteiger partial charge is 0.482 e. The Balaban J connectivity index is 2.62. The van der Waals surface area contributed by atoms with Crippen LogP contribution >= 0.6 is 22.3 Å². The van der Waals surface area contributed by atoms with Crippen molar-refractivity contribution in [2.75, 3.05) is 20.3 Å². The van der Waals surface area contributed by atoms with E-state index in [0.717, 1.165) is 6.07 Å². The minimum absolute atomic E-state index is 0.0504. The van der Waals surface area contributed by atoms with E-state index < -0.39 is 9.05 Å². The number of amides is 1. The van der Waals surface area contributed by atoms with Crippen LogP contribution in [0.4, 0.5) is 0 Å². The molecule has 0 radical (unpaired) electrons. The molecule has 0 aliphatic rings. The highest BCUT2D eigenvalue weighted by molar-refractivity contribution is 8.13. The summed E-state index contributed by atoms with van der Waals surface area (Å²) in [5.41, 5.74) is 0. The van der Waals surface area contributed by atoms with E-state index in [9.17, 15) is 13.2 Å². The first kappa shape index (κ1) is 18.0. The third-order valence-electron chi connectivity index (χ3n) is 2.37. The molecule has 1 unspecified atom stereocenters. The van der Waals surface area contributed by atoms with E-state index in [1.807, 2.05) is 0 Å². The lowest BCUT2D eigenvalue weighted by Crippen LogP contribution is -2.38.